The second kappa shape index (κ2) is 6.18. The highest BCUT2D eigenvalue weighted by molar-refractivity contribution is 5.28. The van der Waals surface area contributed by atoms with E-state index in [9.17, 15) is 0 Å². The Morgan fingerprint density at radius 3 is 2.47 bits per heavy atom. The van der Waals surface area contributed by atoms with E-state index >= 15 is 0 Å². The Bertz CT molecular complexity index is 329. The molecule has 0 bridgehead atoms. The summed E-state index contributed by atoms with van der Waals surface area (Å²) in [6.07, 6.45) is 5.17. The molecule has 2 nitrogen and oxygen atoms in total. The summed E-state index contributed by atoms with van der Waals surface area (Å²) >= 11 is 0. The van der Waals surface area contributed by atoms with E-state index in [-0.39, 0.29) is 0 Å². The molecule has 1 aromatic rings. The van der Waals surface area contributed by atoms with Crippen molar-refractivity contribution in [2.45, 2.75) is 37.6 Å². The summed E-state index contributed by atoms with van der Waals surface area (Å²) in [6, 6.07) is 9.55. The Morgan fingerprint density at radius 2 is 2.00 bits per heavy atom. The molecule has 2 rings (SSSR count). The van der Waals surface area contributed by atoms with Crippen LogP contribution < -0.4 is 5.32 Å². The van der Waals surface area contributed by atoms with Gasteiger partial charge in [-0.25, -0.2) is 0 Å². The van der Waals surface area contributed by atoms with Gasteiger partial charge < -0.3 is 10.1 Å². The molecule has 1 atom stereocenters. The maximum Gasteiger partial charge on any atom is 0.0480 e. The van der Waals surface area contributed by atoms with Crippen molar-refractivity contribution in [3.8, 4) is 0 Å². The quantitative estimate of drug-likeness (QED) is 0.814. The predicted molar refractivity (Wildman–Crippen MR) is 71.3 cm³/mol. The lowest BCUT2D eigenvalue weighted by Gasteiger charge is -2.26. The third-order valence-electron chi connectivity index (χ3n) is 3.87. The Hall–Kier alpha value is -0.860. The summed E-state index contributed by atoms with van der Waals surface area (Å²) < 4.78 is 5.14. The van der Waals surface area contributed by atoms with Gasteiger partial charge in [0.25, 0.3) is 0 Å². The zero-order valence-corrected chi connectivity index (χ0v) is 10.9. The fraction of sp³-hybridized carbons (Fsp3) is 0.600. The van der Waals surface area contributed by atoms with Crippen LogP contribution in [0.5, 0.6) is 0 Å². The van der Waals surface area contributed by atoms with E-state index in [0.29, 0.717) is 6.04 Å². The van der Waals surface area contributed by atoms with E-state index in [1.165, 1.54) is 30.4 Å². The number of rotatable bonds is 6. The van der Waals surface area contributed by atoms with Gasteiger partial charge >= 0.3 is 0 Å². The van der Waals surface area contributed by atoms with Crippen molar-refractivity contribution in [2.75, 3.05) is 20.8 Å². The first kappa shape index (κ1) is 12.6. The van der Waals surface area contributed by atoms with Crippen molar-refractivity contribution in [1.82, 2.24) is 5.32 Å². The lowest BCUT2D eigenvalue weighted by Crippen LogP contribution is -2.18. The molecule has 0 saturated heterocycles. The maximum atomic E-state index is 5.14. The highest BCUT2D eigenvalue weighted by Gasteiger charge is 2.19. The van der Waals surface area contributed by atoms with Crippen LogP contribution in [-0.4, -0.2) is 20.8 Å². The van der Waals surface area contributed by atoms with Crippen LogP contribution in [0.1, 0.15) is 48.8 Å². The second-order valence-corrected chi connectivity index (χ2v) is 4.92. The van der Waals surface area contributed by atoms with Crippen LogP contribution >= 0.6 is 0 Å². The van der Waals surface area contributed by atoms with E-state index in [4.69, 9.17) is 4.74 Å². The molecule has 2 heteroatoms. The normalized spacial score (nSPS) is 17.8. The van der Waals surface area contributed by atoms with E-state index in [1.54, 1.807) is 7.11 Å². The first-order valence-electron chi connectivity index (χ1n) is 6.61. The summed E-state index contributed by atoms with van der Waals surface area (Å²) in [7, 11) is 3.77. The first-order valence-corrected chi connectivity index (χ1v) is 6.61. The second-order valence-electron chi connectivity index (χ2n) is 4.92. The van der Waals surface area contributed by atoms with Gasteiger partial charge in [-0.1, -0.05) is 30.7 Å². The van der Waals surface area contributed by atoms with Crippen LogP contribution in [0.15, 0.2) is 24.3 Å². The Labute approximate surface area is 104 Å². The Kier molecular flexibility index (Phi) is 4.57. The van der Waals surface area contributed by atoms with Gasteiger partial charge in [-0.2, -0.15) is 0 Å². The van der Waals surface area contributed by atoms with Gasteiger partial charge in [-0.15, -0.1) is 0 Å². The summed E-state index contributed by atoms with van der Waals surface area (Å²) in [6.45, 7) is 0.801. The van der Waals surface area contributed by atoms with Crippen molar-refractivity contribution in [1.29, 1.82) is 0 Å². The molecule has 0 heterocycles. The monoisotopic (exact) mass is 233 g/mol. The zero-order chi connectivity index (χ0) is 12.1. The van der Waals surface area contributed by atoms with E-state index in [1.807, 2.05) is 7.05 Å². The smallest absolute Gasteiger partial charge is 0.0480 e. The minimum absolute atomic E-state index is 0.408. The zero-order valence-electron chi connectivity index (χ0n) is 10.9. The molecule has 0 amide bonds. The summed E-state index contributed by atoms with van der Waals surface area (Å²) in [5, 5.41) is 3.35. The van der Waals surface area contributed by atoms with Gasteiger partial charge in [0.1, 0.15) is 0 Å². The Morgan fingerprint density at radius 1 is 1.29 bits per heavy atom. The number of hydrogen-bond acceptors (Lipinski definition) is 2. The molecule has 1 aliphatic rings. The molecule has 0 aromatic heterocycles. The van der Waals surface area contributed by atoms with Crippen LogP contribution in [0.25, 0.3) is 0 Å². The average Bonchev–Trinajstić information content (AvgIpc) is 2.30. The third-order valence-corrected chi connectivity index (χ3v) is 3.87. The SMILES string of the molecule is CNC(CCOC)c1ccc(C2CCC2)cc1. The van der Waals surface area contributed by atoms with E-state index < -0.39 is 0 Å². The molecular formula is C15H23NO. The van der Waals surface area contributed by atoms with Crippen LogP contribution in [0.4, 0.5) is 0 Å². The minimum atomic E-state index is 0.408. The lowest BCUT2D eigenvalue weighted by atomic mass is 9.80. The molecule has 1 aliphatic carbocycles. The molecule has 1 aromatic carbocycles. The topological polar surface area (TPSA) is 21.3 Å². The molecule has 1 fully saturated rings. The summed E-state index contributed by atoms with van der Waals surface area (Å²) in [5.74, 6) is 0.830. The number of benzene rings is 1. The molecule has 0 radical (unpaired) electrons. The molecule has 1 unspecified atom stereocenters. The molecule has 94 valence electrons. The molecule has 0 spiro atoms. The number of methoxy groups -OCH3 is 1. The van der Waals surface area contributed by atoms with Crippen LogP contribution in [0.2, 0.25) is 0 Å². The van der Waals surface area contributed by atoms with Crippen molar-refractivity contribution in [3.63, 3.8) is 0 Å². The van der Waals surface area contributed by atoms with Gasteiger partial charge in [0, 0.05) is 19.8 Å². The van der Waals surface area contributed by atoms with Crippen molar-refractivity contribution in [3.05, 3.63) is 35.4 Å². The third kappa shape index (κ3) is 3.08. The number of hydrogen-bond donors (Lipinski definition) is 1. The highest BCUT2D eigenvalue weighted by atomic mass is 16.5. The molecular weight excluding hydrogens is 210 g/mol. The van der Waals surface area contributed by atoms with Crippen molar-refractivity contribution in [2.24, 2.45) is 0 Å². The van der Waals surface area contributed by atoms with Crippen molar-refractivity contribution >= 4 is 0 Å². The molecule has 1 saturated carbocycles. The largest absolute Gasteiger partial charge is 0.385 e. The van der Waals surface area contributed by atoms with Crippen LogP contribution in [0.3, 0.4) is 0 Å². The van der Waals surface area contributed by atoms with Gasteiger partial charge in [0.15, 0.2) is 0 Å². The van der Waals surface area contributed by atoms with Gasteiger partial charge in [0.05, 0.1) is 0 Å². The molecule has 1 N–H and O–H groups in total. The summed E-state index contributed by atoms with van der Waals surface area (Å²) in [4.78, 5) is 0. The maximum absolute atomic E-state index is 5.14. The van der Waals surface area contributed by atoms with Crippen LogP contribution in [0, 0.1) is 0 Å². The lowest BCUT2D eigenvalue weighted by molar-refractivity contribution is 0.184. The van der Waals surface area contributed by atoms with Gasteiger partial charge in [0.2, 0.25) is 0 Å². The fourth-order valence-corrected chi connectivity index (χ4v) is 2.46. The van der Waals surface area contributed by atoms with Gasteiger partial charge in [-0.3, -0.25) is 0 Å². The number of ether oxygens (including phenoxy) is 1. The van der Waals surface area contributed by atoms with E-state index in [2.05, 4.69) is 29.6 Å². The minimum Gasteiger partial charge on any atom is -0.385 e. The molecule has 0 aliphatic heterocycles. The highest BCUT2D eigenvalue weighted by Crippen LogP contribution is 2.36. The standard InChI is InChI=1S/C15H23NO/c1-16-15(10-11-17-2)14-8-6-13(7-9-14)12-4-3-5-12/h6-9,12,15-16H,3-5,10-11H2,1-2H3. The van der Waals surface area contributed by atoms with E-state index in [0.717, 1.165) is 18.9 Å². The predicted octanol–water partition coefficient (Wildman–Crippen LogP) is 3.25. The fourth-order valence-electron chi connectivity index (χ4n) is 2.46. The summed E-state index contributed by atoms with van der Waals surface area (Å²) in [5.41, 5.74) is 2.88. The van der Waals surface area contributed by atoms with Crippen LogP contribution in [-0.2, 0) is 4.74 Å². The molecule has 17 heavy (non-hydrogen) atoms. The van der Waals surface area contributed by atoms with Crippen molar-refractivity contribution < 1.29 is 4.74 Å². The first-order chi connectivity index (χ1) is 8.35. The van der Waals surface area contributed by atoms with Gasteiger partial charge in [-0.05, 0) is 43.4 Å². The number of nitrogens with one attached hydrogen (secondary N) is 1. The average molecular weight is 233 g/mol. The Balaban J connectivity index is 1.99.